The Morgan fingerprint density at radius 2 is 1.80 bits per heavy atom. The zero-order chi connectivity index (χ0) is 18.1. The van der Waals surface area contributed by atoms with Crippen molar-refractivity contribution in [2.24, 2.45) is 10.9 Å². The zero-order valence-corrected chi connectivity index (χ0v) is 17.1. The molecule has 1 atom stereocenters. The van der Waals surface area contributed by atoms with Crippen molar-refractivity contribution in [3.63, 3.8) is 0 Å². The molecule has 2 rings (SSSR count). The predicted molar refractivity (Wildman–Crippen MR) is 108 cm³/mol. The summed E-state index contributed by atoms with van der Waals surface area (Å²) < 4.78 is 0. The first-order valence-electron chi connectivity index (χ1n) is 10.5. The highest BCUT2D eigenvalue weighted by molar-refractivity contribution is 5.79. The smallest absolute Gasteiger partial charge is 0.191 e. The molecule has 5 heteroatoms. The molecular weight excluding hydrogens is 310 g/mol. The van der Waals surface area contributed by atoms with Crippen molar-refractivity contribution < 1.29 is 0 Å². The Morgan fingerprint density at radius 1 is 1.04 bits per heavy atom. The van der Waals surface area contributed by atoms with Crippen molar-refractivity contribution in [2.45, 2.75) is 65.3 Å². The van der Waals surface area contributed by atoms with E-state index in [0.717, 1.165) is 31.5 Å². The molecule has 2 N–H and O–H groups in total. The summed E-state index contributed by atoms with van der Waals surface area (Å²) in [5, 5.41) is 7.03. The highest BCUT2D eigenvalue weighted by Gasteiger charge is 2.27. The largest absolute Gasteiger partial charge is 0.357 e. The molecule has 0 aromatic heterocycles. The number of aliphatic imine (C=N–C) groups is 1. The minimum atomic E-state index is 0.145. The Labute approximate surface area is 155 Å². The number of piperidine rings is 2. The zero-order valence-electron chi connectivity index (χ0n) is 17.1. The molecule has 0 amide bonds. The van der Waals surface area contributed by atoms with Gasteiger partial charge in [-0.15, -0.1) is 0 Å². The number of nitrogens with one attached hydrogen (secondary N) is 2. The summed E-state index contributed by atoms with van der Waals surface area (Å²) in [4.78, 5) is 10.1. The number of guanidine groups is 1. The Hall–Kier alpha value is -0.810. The van der Waals surface area contributed by atoms with E-state index in [2.05, 4.69) is 48.1 Å². The lowest BCUT2D eigenvalue weighted by atomic mass is 9.98. The van der Waals surface area contributed by atoms with Crippen LogP contribution in [0.25, 0.3) is 0 Å². The first kappa shape index (κ1) is 20.5. The van der Waals surface area contributed by atoms with Gasteiger partial charge in [-0.1, -0.05) is 13.3 Å². The van der Waals surface area contributed by atoms with Gasteiger partial charge in [0.05, 0.1) is 6.54 Å². The fraction of sp³-hybridized carbons (Fsp3) is 0.950. The highest BCUT2D eigenvalue weighted by atomic mass is 15.2. The Kier molecular flexibility index (Phi) is 8.50. The molecular formula is C20H41N5. The standard InChI is InChI=1S/C20H41N5/c1-5-21-19(22-15-18-11-10-12-24(6-2)16-18)23-17-20(3,4)25-13-8-7-9-14-25/h18H,5-17H2,1-4H3,(H2,21,22,23). The van der Waals surface area contributed by atoms with Gasteiger partial charge in [0.25, 0.3) is 0 Å². The Morgan fingerprint density at radius 3 is 2.48 bits per heavy atom. The molecule has 2 aliphatic heterocycles. The van der Waals surface area contributed by atoms with Gasteiger partial charge in [0, 0.05) is 25.2 Å². The van der Waals surface area contributed by atoms with Crippen LogP contribution in [0.3, 0.4) is 0 Å². The van der Waals surface area contributed by atoms with Gasteiger partial charge in [0.1, 0.15) is 0 Å². The van der Waals surface area contributed by atoms with E-state index >= 15 is 0 Å². The van der Waals surface area contributed by atoms with E-state index in [1.54, 1.807) is 0 Å². The van der Waals surface area contributed by atoms with Crippen LogP contribution in [0.1, 0.15) is 59.8 Å². The summed E-state index contributed by atoms with van der Waals surface area (Å²) in [6.45, 7) is 18.0. The van der Waals surface area contributed by atoms with E-state index in [4.69, 9.17) is 4.99 Å². The topological polar surface area (TPSA) is 42.9 Å². The van der Waals surface area contributed by atoms with Crippen LogP contribution in [0.15, 0.2) is 4.99 Å². The molecule has 2 heterocycles. The van der Waals surface area contributed by atoms with Crippen LogP contribution >= 0.6 is 0 Å². The molecule has 0 radical (unpaired) electrons. The van der Waals surface area contributed by atoms with Crippen molar-refractivity contribution in [1.29, 1.82) is 0 Å². The van der Waals surface area contributed by atoms with Gasteiger partial charge < -0.3 is 15.5 Å². The van der Waals surface area contributed by atoms with E-state index < -0.39 is 0 Å². The van der Waals surface area contributed by atoms with E-state index in [0.29, 0.717) is 0 Å². The van der Waals surface area contributed by atoms with Gasteiger partial charge in [0.15, 0.2) is 5.96 Å². The quantitative estimate of drug-likeness (QED) is 0.546. The second-order valence-corrected chi connectivity index (χ2v) is 8.34. The molecule has 0 bridgehead atoms. The monoisotopic (exact) mass is 351 g/mol. The Bertz CT molecular complexity index is 401. The minimum Gasteiger partial charge on any atom is -0.357 e. The summed E-state index contributed by atoms with van der Waals surface area (Å²) in [6, 6.07) is 0. The predicted octanol–water partition coefficient (Wildman–Crippen LogP) is 2.54. The second-order valence-electron chi connectivity index (χ2n) is 8.34. The van der Waals surface area contributed by atoms with Crippen LogP contribution in [0.5, 0.6) is 0 Å². The van der Waals surface area contributed by atoms with E-state index in [1.165, 1.54) is 64.8 Å². The van der Waals surface area contributed by atoms with Crippen LogP contribution in [-0.4, -0.2) is 73.7 Å². The Balaban J connectivity index is 1.84. The number of hydrogen-bond acceptors (Lipinski definition) is 3. The first-order valence-corrected chi connectivity index (χ1v) is 10.5. The first-order chi connectivity index (χ1) is 12.0. The lowest BCUT2D eigenvalue weighted by molar-refractivity contribution is 0.102. The van der Waals surface area contributed by atoms with E-state index in [1.807, 2.05) is 0 Å². The number of likely N-dealkylation sites (tertiary alicyclic amines) is 2. The second kappa shape index (κ2) is 10.4. The van der Waals surface area contributed by atoms with Gasteiger partial charge in [-0.25, -0.2) is 0 Å². The lowest BCUT2D eigenvalue weighted by Crippen LogP contribution is -2.50. The van der Waals surface area contributed by atoms with Crippen LogP contribution in [0.2, 0.25) is 0 Å². The van der Waals surface area contributed by atoms with Crippen LogP contribution in [-0.2, 0) is 0 Å². The fourth-order valence-electron chi connectivity index (χ4n) is 4.06. The summed E-state index contributed by atoms with van der Waals surface area (Å²) in [6.07, 6.45) is 6.72. The maximum atomic E-state index is 4.92. The number of hydrogen-bond donors (Lipinski definition) is 2. The normalized spacial score (nSPS) is 24.3. The van der Waals surface area contributed by atoms with Gasteiger partial charge in [0.2, 0.25) is 0 Å². The van der Waals surface area contributed by atoms with Gasteiger partial charge in [-0.2, -0.15) is 0 Å². The molecule has 2 aliphatic rings. The molecule has 1 unspecified atom stereocenters. The average molecular weight is 352 g/mol. The van der Waals surface area contributed by atoms with Crippen molar-refractivity contribution in [3.05, 3.63) is 0 Å². The maximum absolute atomic E-state index is 4.92. The minimum absolute atomic E-state index is 0.145. The van der Waals surface area contributed by atoms with Crippen molar-refractivity contribution in [1.82, 2.24) is 20.4 Å². The molecule has 2 fully saturated rings. The molecule has 25 heavy (non-hydrogen) atoms. The van der Waals surface area contributed by atoms with Gasteiger partial charge >= 0.3 is 0 Å². The summed E-state index contributed by atoms with van der Waals surface area (Å²) >= 11 is 0. The van der Waals surface area contributed by atoms with Gasteiger partial charge in [-0.05, 0) is 78.6 Å². The molecule has 2 saturated heterocycles. The molecule has 0 spiro atoms. The average Bonchev–Trinajstić information content (AvgIpc) is 2.65. The van der Waals surface area contributed by atoms with Crippen LogP contribution in [0, 0.1) is 5.92 Å². The third-order valence-corrected chi connectivity index (χ3v) is 5.79. The third-order valence-electron chi connectivity index (χ3n) is 5.79. The number of nitrogens with zero attached hydrogens (tertiary/aromatic N) is 3. The van der Waals surface area contributed by atoms with Gasteiger partial charge in [-0.3, -0.25) is 9.89 Å². The van der Waals surface area contributed by atoms with E-state index in [-0.39, 0.29) is 5.54 Å². The third kappa shape index (κ3) is 6.78. The SMILES string of the molecule is CCNC(=NCC(C)(C)N1CCCCC1)NCC1CCCN(CC)C1. The molecule has 0 aliphatic carbocycles. The van der Waals surface area contributed by atoms with Crippen molar-refractivity contribution >= 4 is 5.96 Å². The van der Waals surface area contributed by atoms with E-state index in [9.17, 15) is 0 Å². The maximum Gasteiger partial charge on any atom is 0.191 e. The summed E-state index contributed by atoms with van der Waals surface area (Å²) in [7, 11) is 0. The molecule has 5 nitrogen and oxygen atoms in total. The lowest BCUT2D eigenvalue weighted by Gasteiger charge is -2.40. The number of rotatable bonds is 7. The van der Waals surface area contributed by atoms with Crippen LogP contribution in [0.4, 0.5) is 0 Å². The molecule has 146 valence electrons. The molecule has 0 aromatic carbocycles. The fourth-order valence-corrected chi connectivity index (χ4v) is 4.06. The van der Waals surface area contributed by atoms with Crippen molar-refractivity contribution in [3.8, 4) is 0 Å². The summed E-state index contributed by atoms with van der Waals surface area (Å²) in [5.41, 5.74) is 0.145. The molecule has 0 aromatic rings. The van der Waals surface area contributed by atoms with Crippen LogP contribution < -0.4 is 10.6 Å². The molecule has 0 saturated carbocycles. The summed E-state index contributed by atoms with van der Waals surface area (Å²) in [5.74, 6) is 1.73. The van der Waals surface area contributed by atoms with Crippen molar-refractivity contribution in [2.75, 3.05) is 52.4 Å². The highest BCUT2D eigenvalue weighted by Crippen LogP contribution is 2.21.